The van der Waals surface area contributed by atoms with Crippen molar-refractivity contribution in [2.75, 3.05) is 18.5 Å². The van der Waals surface area contributed by atoms with E-state index in [1.807, 2.05) is 12.1 Å². The second-order valence-electron chi connectivity index (χ2n) is 2.92. The molecule has 0 bridgehead atoms. The molecule has 0 unspecified atom stereocenters. The summed E-state index contributed by atoms with van der Waals surface area (Å²) in [6.07, 6.45) is 0. The predicted molar refractivity (Wildman–Crippen MR) is 53.7 cm³/mol. The summed E-state index contributed by atoms with van der Waals surface area (Å²) in [5.74, 6) is 0.612. The maximum Gasteiger partial charge on any atom is 0.126 e. The number of nitrogens with one attached hydrogen (secondary N) is 1. The molecule has 0 aliphatic carbocycles. The van der Waals surface area contributed by atoms with Crippen LogP contribution in [0.25, 0.3) is 0 Å². The second kappa shape index (κ2) is 5.54. The zero-order valence-corrected chi connectivity index (χ0v) is 7.85. The molecule has 0 aromatic carbocycles. The van der Waals surface area contributed by atoms with E-state index in [0.29, 0.717) is 12.4 Å². The topological polar surface area (TPSA) is 91.4 Å². The Balaban J connectivity index is 2.65. The van der Waals surface area contributed by atoms with E-state index in [4.69, 9.17) is 15.9 Å². The Labute approximate surface area is 82.6 Å². The summed E-state index contributed by atoms with van der Waals surface area (Å²) in [4.78, 5) is 4.17. The van der Waals surface area contributed by atoms with Crippen LogP contribution in [0.1, 0.15) is 5.69 Å². The smallest absolute Gasteiger partial charge is 0.126 e. The Morgan fingerprint density at radius 1 is 1.36 bits per heavy atom. The number of nitrogens with two attached hydrogens (primary N) is 1. The number of rotatable bonds is 5. The standard InChI is InChI=1S/C9H15N3O2/c10-4-7-2-1-3-9(11-7)12-8(5-13)6-14/h1-3,8,13-14H,4-6,10H2,(H,11,12). The first kappa shape index (κ1) is 10.9. The molecule has 0 amide bonds. The summed E-state index contributed by atoms with van der Waals surface area (Å²) < 4.78 is 0. The molecule has 1 aromatic heterocycles. The number of hydrogen-bond donors (Lipinski definition) is 4. The van der Waals surface area contributed by atoms with Crippen molar-refractivity contribution >= 4 is 5.82 Å². The van der Waals surface area contributed by atoms with Gasteiger partial charge in [0.25, 0.3) is 0 Å². The summed E-state index contributed by atoms with van der Waals surface area (Å²) in [5.41, 5.74) is 6.19. The van der Waals surface area contributed by atoms with E-state index in [0.717, 1.165) is 5.69 Å². The molecule has 0 spiro atoms. The molecule has 0 aliphatic heterocycles. The highest BCUT2D eigenvalue weighted by Gasteiger charge is 2.05. The molecule has 0 atom stereocenters. The van der Waals surface area contributed by atoms with Crippen LogP contribution in [0.4, 0.5) is 5.82 Å². The molecule has 0 aliphatic rings. The van der Waals surface area contributed by atoms with Crippen molar-refractivity contribution in [1.29, 1.82) is 0 Å². The van der Waals surface area contributed by atoms with Gasteiger partial charge in [-0.1, -0.05) is 6.07 Å². The molecule has 78 valence electrons. The number of aliphatic hydroxyl groups excluding tert-OH is 2. The Morgan fingerprint density at radius 2 is 2.07 bits per heavy atom. The van der Waals surface area contributed by atoms with Crippen LogP contribution in [0.2, 0.25) is 0 Å². The first-order valence-electron chi connectivity index (χ1n) is 4.44. The lowest BCUT2D eigenvalue weighted by Gasteiger charge is -2.14. The van der Waals surface area contributed by atoms with Crippen LogP contribution in [0.3, 0.4) is 0 Å². The van der Waals surface area contributed by atoms with Crippen LogP contribution >= 0.6 is 0 Å². The Kier molecular flexibility index (Phi) is 4.31. The molecule has 5 nitrogen and oxygen atoms in total. The number of pyridine rings is 1. The third kappa shape index (κ3) is 2.95. The van der Waals surface area contributed by atoms with Gasteiger partial charge in [0.05, 0.1) is 24.9 Å². The molecule has 5 N–H and O–H groups in total. The van der Waals surface area contributed by atoms with Gasteiger partial charge in [-0.25, -0.2) is 4.98 Å². The SMILES string of the molecule is NCc1cccc(NC(CO)CO)n1. The molecule has 1 aromatic rings. The van der Waals surface area contributed by atoms with Crippen LogP contribution in [-0.2, 0) is 6.54 Å². The zero-order valence-electron chi connectivity index (χ0n) is 7.85. The van der Waals surface area contributed by atoms with Crippen LogP contribution in [-0.4, -0.2) is 34.5 Å². The fraction of sp³-hybridized carbons (Fsp3) is 0.444. The number of aliphatic hydroxyl groups is 2. The first-order valence-corrected chi connectivity index (χ1v) is 4.44. The number of nitrogens with zero attached hydrogens (tertiary/aromatic N) is 1. The lowest BCUT2D eigenvalue weighted by Crippen LogP contribution is -2.28. The highest BCUT2D eigenvalue weighted by atomic mass is 16.3. The molecule has 0 fully saturated rings. The maximum absolute atomic E-state index is 8.84. The average molecular weight is 197 g/mol. The molecule has 14 heavy (non-hydrogen) atoms. The van der Waals surface area contributed by atoms with Crippen molar-refractivity contribution < 1.29 is 10.2 Å². The normalized spacial score (nSPS) is 10.6. The fourth-order valence-electron chi connectivity index (χ4n) is 1.03. The van der Waals surface area contributed by atoms with E-state index in [2.05, 4.69) is 10.3 Å². The largest absolute Gasteiger partial charge is 0.394 e. The predicted octanol–water partition coefficient (Wildman–Crippen LogP) is -0.695. The molecular formula is C9H15N3O2. The highest BCUT2D eigenvalue weighted by Crippen LogP contribution is 2.05. The van der Waals surface area contributed by atoms with Gasteiger partial charge in [-0.2, -0.15) is 0 Å². The fourth-order valence-corrected chi connectivity index (χ4v) is 1.03. The average Bonchev–Trinajstić information content (AvgIpc) is 2.26. The lowest BCUT2D eigenvalue weighted by atomic mass is 10.3. The molecule has 0 saturated carbocycles. The minimum Gasteiger partial charge on any atom is -0.394 e. The molecule has 5 heteroatoms. The first-order chi connectivity index (χ1) is 6.80. The molecule has 1 rings (SSSR count). The summed E-state index contributed by atoms with van der Waals surface area (Å²) in [5, 5.41) is 20.6. The van der Waals surface area contributed by atoms with Gasteiger partial charge in [0.15, 0.2) is 0 Å². The summed E-state index contributed by atoms with van der Waals surface area (Å²) in [7, 11) is 0. The zero-order chi connectivity index (χ0) is 10.4. The van der Waals surface area contributed by atoms with Crippen molar-refractivity contribution in [3.8, 4) is 0 Å². The quantitative estimate of drug-likeness (QED) is 0.501. The number of aromatic nitrogens is 1. The van der Waals surface area contributed by atoms with Gasteiger partial charge in [0, 0.05) is 6.54 Å². The van der Waals surface area contributed by atoms with Gasteiger partial charge in [-0.3, -0.25) is 0 Å². The van der Waals surface area contributed by atoms with Crippen LogP contribution in [0.15, 0.2) is 18.2 Å². The molecule has 0 saturated heterocycles. The van der Waals surface area contributed by atoms with E-state index in [9.17, 15) is 0 Å². The van der Waals surface area contributed by atoms with Crippen molar-refractivity contribution in [3.05, 3.63) is 23.9 Å². The Bertz CT molecular complexity index is 277. The van der Waals surface area contributed by atoms with Gasteiger partial charge in [0.1, 0.15) is 5.82 Å². The third-order valence-corrected chi connectivity index (χ3v) is 1.81. The third-order valence-electron chi connectivity index (χ3n) is 1.81. The summed E-state index contributed by atoms with van der Waals surface area (Å²) in [6, 6.07) is 5.02. The van der Waals surface area contributed by atoms with E-state index in [1.54, 1.807) is 6.07 Å². The Hall–Kier alpha value is -1.17. The van der Waals surface area contributed by atoms with Gasteiger partial charge in [-0.05, 0) is 12.1 Å². The summed E-state index contributed by atoms with van der Waals surface area (Å²) in [6.45, 7) is 0.106. The molecule has 1 heterocycles. The van der Waals surface area contributed by atoms with Crippen molar-refractivity contribution in [3.63, 3.8) is 0 Å². The molecular weight excluding hydrogens is 182 g/mol. The second-order valence-corrected chi connectivity index (χ2v) is 2.92. The van der Waals surface area contributed by atoms with E-state index in [1.165, 1.54) is 0 Å². The van der Waals surface area contributed by atoms with Crippen LogP contribution in [0, 0.1) is 0 Å². The maximum atomic E-state index is 8.84. The van der Waals surface area contributed by atoms with Gasteiger partial charge < -0.3 is 21.3 Å². The van der Waals surface area contributed by atoms with Crippen molar-refractivity contribution in [2.45, 2.75) is 12.6 Å². The van der Waals surface area contributed by atoms with E-state index < -0.39 is 0 Å². The van der Waals surface area contributed by atoms with Gasteiger partial charge in [0.2, 0.25) is 0 Å². The monoisotopic (exact) mass is 197 g/mol. The van der Waals surface area contributed by atoms with Gasteiger partial charge in [-0.15, -0.1) is 0 Å². The lowest BCUT2D eigenvalue weighted by molar-refractivity contribution is 0.203. The molecule has 0 radical (unpaired) electrons. The number of anilines is 1. The van der Waals surface area contributed by atoms with E-state index in [-0.39, 0.29) is 19.3 Å². The van der Waals surface area contributed by atoms with Crippen LogP contribution in [0.5, 0.6) is 0 Å². The summed E-state index contributed by atoms with van der Waals surface area (Å²) >= 11 is 0. The van der Waals surface area contributed by atoms with E-state index >= 15 is 0 Å². The van der Waals surface area contributed by atoms with Gasteiger partial charge >= 0.3 is 0 Å². The number of hydrogen-bond acceptors (Lipinski definition) is 5. The minimum atomic E-state index is -0.379. The highest BCUT2D eigenvalue weighted by molar-refractivity contribution is 5.36. The van der Waals surface area contributed by atoms with Crippen molar-refractivity contribution in [2.24, 2.45) is 5.73 Å². The van der Waals surface area contributed by atoms with Crippen LogP contribution < -0.4 is 11.1 Å². The van der Waals surface area contributed by atoms with Crippen molar-refractivity contribution in [1.82, 2.24) is 4.98 Å². The Morgan fingerprint density at radius 3 is 2.64 bits per heavy atom. The minimum absolute atomic E-state index is 0.134.